The number of hydrogen-bond acceptors (Lipinski definition) is 5. The number of carbonyl (C=O) groups is 2. The van der Waals surface area contributed by atoms with E-state index in [2.05, 4.69) is 29.4 Å². The highest BCUT2D eigenvalue weighted by Crippen LogP contribution is 2.39. The maximum absolute atomic E-state index is 13.1. The molecule has 0 aromatic heterocycles. The Morgan fingerprint density at radius 1 is 1.22 bits per heavy atom. The van der Waals surface area contributed by atoms with Crippen LogP contribution in [0, 0.1) is 0 Å². The summed E-state index contributed by atoms with van der Waals surface area (Å²) in [6.07, 6.45) is 1.32. The zero-order chi connectivity index (χ0) is 19.1. The van der Waals surface area contributed by atoms with Crippen molar-refractivity contribution in [3.8, 4) is 0 Å². The standard InChI is InChI=1S/C20H28N4O3/c1-13-10-23(20(26)19-5-4-8-27-19)18-9-15(16-11-22(3)12-21-16)6-7-17(18)24(13)14(2)25/h6-7,9,13,16,19,21H,4-5,8,10-12H2,1-3H3/t13-,16?,19?/m0/s1. The Kier molecular flexibility index (Phi) is 4.92. The van der Waals surface area contributed by atoms with Crippen LogP contribution in [0.2, 0.25) is 0 Å². The molecule has 0 aliphatic carbocycles. The van der Waals surface area contributed by atoms with Gasteiger partial charge < -0.3 is 14.5 Å². The lowest BCUT2D eigenvalue weighted by Gasteiger charge is -2.41. The van der Waals surface area contributed by atoms with E-state index in [9.17, 15) is 9.59 Å². The molecular weight excluding hydrogens is 344 g/mol. The molecule has 0 saturated carbocycles. The molecular formula is C20H28N4O3. The minimum absolute atomic E-state index is 0.000518. The molecule has 3 atom stereocenters. The van der Waals surface area contributed by atoms with Crippen LogP contribution in [0.5, 0.6) is 0 Å². The molecule has 2 fully saturated rings. The summed E-state index contributed by atoms with van der Waals surface area (Å²) in [7, 11) is 2.08. The number of hydrogen-bond donors (Lipinski definition) is 1. The molecule has 3 heterocycles. The first-order valence-electron chi connectivity index (χ1n) is 9.74. The third-order valence-corrected chi connectivity index (χ3v) is 5.75. The number of nitrogens with zero attached hydrogens (tertiary/aromatic N) is 3. The molecule has 4 rings (SSSR count). The van der Waals surface area contributed by atoms with Gasteiger partial charge in [0.15, 0.2) is 0 Å². The van der Waals surface area contributed by atoms with Crippen molar-refractivity contribution in [3.63, 3.8) is 0 Å². The van der Waals surface area contributed by atoms with Gasteiger partial charge in [0.05, 0.1) is 17.4 Å². The van der Waals surface area contributed by atoms with E-state index in [0.717, 1.165) is 43.0 Å². The summed E-state index contributed by atoms with van der Waals surface area (Å²) >= 11 is 0. The van der Waals surface area contributed by atoms with Gasteiger partial charge in [-0.25, -0.2) is 0 Å². The van der Waals surface area contributed by atoms with E-state index in [1.54, 1.807) is 11.8 Å². The number of ether oxygens (including phenoxy) is 1. The van der Waals surface area contributed by atoms with Gasteiger partial charge in [0.2, 0.25) is 5.91 Å². The van der Waals surface area contributed by atoms with Crippen LogP contribution in [0.1, 0.15) is 38.3 Å². The van der Waals surface area contributed by atoms with Crippen molar-refractivity contribution in [1.29, 1.82) is 0 Å². The van der Waals surface area contributed by atoms with Crippen LogP contribution in [0.15, 0.2) is 18.2 Å². The third-order valence-electron chi connectivity index (χ3n) is 5.75. The maximum Gasteiger partial charge on any atom is 0.256 e. The number of carbonyl (C=O) groups excluding carboxylic acids is 2. The van der Waals surface area contributed by atoms with Crippen molar-refractivity contribution in [1.82, 2.24) is 10.2 Å². The van der Waals surface area contributed by atoms with Gasteiger partial charge in [0.25, 0.3) is 5.91 Å². The van der Waals surface area contributed by atoms with E-state index >= 15 is 0 Å². The molecule has 1 N–H and O–H groups in total. The summed E-state index contributed by atoms with van der Waals surface area (Å²) in [5, 5.41) is 3.49. The lowest BCUT2D eigenvalue weighted by Crippen LogP contribution is -2.53. The predicted molar refractivity (Wildman–Crippen MR) is 104 cm³/mol. The molecule has 0 bridgehead atoms. The molecule has 3 aliphatic heterocycles. The van der Waals surface area contributed by atoms with Crippen molar-refractivity contribution in [2.45, 2.75) is 44.9 Å². The van der Waals surface area contributed by atoms with Gasteiger partial charge in [-0.1, -0.05) is 6.07 Å². The second-order valence-electron chi connectivity index (χ2n) is 7.89. The van der Waals surface area contributed by atoms with Crippen LogP contribution < -0.4 is 15.1 Å². The molecule has 3 aliphatic rings. The highest BCUT2D eigenvalue weighted by atomic mass is 16.5. The number of benzene rings is 1. The van der Waals surface area contributed by atoms with Crippen molar-refractivity contribution in [3.05, 3.63) is 23.8 Å². The first kappa shape index (κ1) is 18.4. The lowest BCUT2D eigenvalue weighted by atomic mass is 10.0. The molecule has 1 aromatic carbocycles. The van der Waals surface area contributed by atoms with E-state index in [-0.39, 0.29) is 30.0 Å². The number of rotatable bonds is 2. The smallest absolute Gasteiger partial charge is 0.256 e. The van der Waals surface area contributed by atoms with Gasteiger partial charge in [0.1, 0.15) is 6.10 Å². The quantitative estimate of drug-likeness (QED) is 0.852. The summed E-state index contributed by atoms with van der Waals surface area (Å²) in [6.45, 7) is 6.47. The molecule has 2 unspecified atom stereocenters. The van der Waals surface area contributed by atoms with Crippen LogP contribution in [-0.4, -0.2) is 62.3 Å². The number of likely N-dealkylation sites (N-methyl/N-ethyl adjacent to an activating group) is 1. The largest absolute Gasteiger partial charge is 0.368 e. The fourth-order valence-corrected chi connectivity index (χ4v) is 4.42. The van der Waals surface area contributed by atoms with E-state index in [1.165, 1.54) is 0 Å². The summed E-state index contributed by atoms with van der Waals surface area (Å²) in [5.74, 6) is 0.0110. The van der Waals surface area contributed by atoms with Crippen LogP contribution in [-0.2, 0) is 14.3 Å². The second-order valence-corrected chi connectivity index (χ2v) is 7.89. The van der Waals surface area contributed by atoms with Crippen LogP contribution >= 0.6 is 0 Å². The molecule has 27 heavy (non-hydrogen) atoms. The van der Waals surface area contributed by atoms with Crippen LogP contribution in [0.25, 0.3) is 0 Å². The minimum atomic E-state index is -0.367. The van der Waals surface area contributed by atoms with E-state index in [0.29, 0.717) is 13.2 Å². The van der Waals surface area contributed by atoms with Crippen molar-refractivity contribution < 1.29 is 14.3 Å². The molecule has 2 saturated heterocycles. The van der Waals surface area contributed by atoms with Gasteiger partial charge >= 0.3 is 0 Å². The summed E-state index contributed by atoms with van der Waals surface area (Å²) < 4.78 is 5.65. The Morgan fingerprint density at radius 2 is 2.04 bits per heavy atom. The first-order chi connectivity index (χ1) is 13.0. The van der Waals surface area contributed by atoms with Gasteiger partial charge in [-0.3, -0.25) is 19.8 Å². The van der Waals surface area contributed by atoms with E-state index in [4.69, 9.17) is 4.74 Å². The van der Waals surface area contributed by atoms with Crippen molar-refractivity contribution in [2.24, 2.45) is 0 Å². The molecule has 0 spiro atoms. The molecule has 7 nitrogen and oxygen atoms in total. The van der Waals surface area contributed by atoms with Gasteiger partial charge in [-0.2, -0.15) is 0 Å². The topological polar surface area (TPSA) is 65.1 Å². The van der Waals surface area contributed by atoms with Crippen LogP contribution in [0.4, 0.5) is 11.4 Å². The molecule has 2 amide bonds. The van der Waals surface area contributed by atoms with Gasteiger partial charge in [0, 0.05) is 39.3 Å². The average Bonchev–Trinajstić information content (AvgIpc) is 3.31. The van der Waals surface area contributed by atoms with Crippen molar-refractivity contribution in [2.75, 3.05) is 43.2 Å². The second kappa shape index (κ2) is 7.22. The van der Waals surface area contributed by atoms with Crippen LogP contribution in [0.3, 0.4) is 0 Å². The Hall–Kier alpha value is -1.96. The zero-order valence-corrected chi connectivity index (χ0v) is 16.3. The SMILES string of the molecule is CC(=O)N1c2ccc(C3CN(C)CN3)cc2N(C(=O)C2CCCO2)C[C@@H]1C. The van der Waals surface area contributed by atoms with E-state index in [1.807, 2.05) is 17.9 Å². The maximum atomic E-state index is 13.1. The zero-order valence-electron chi connectivity index (χ0n) is 16.3. The Morgan fingerprint density at radius 3 is 2.67 bits per heavy atom. The molecule has 7 heteroatoms. The average molecular weight is 372 g/mol. The Bertz CT molecular complexity index is 747. The summed E-state index contributed by atoms with van der Waals surface area (Å²) in [4.78, 5) is 31.3. The van der Waals surface area contributed by atoms with Crippen molar-refractivity contribution >= 4 is 23.2 Å². The third kappa shape index (κ3) is 3.35. The number of nitrogens with one attached hydrogen (secondary N) is 1. The Labute approximate surface area is 160 Å². The Balaban J connectivity index is 1.73. The lowest BCUT2D eigenvalue weighted by molar-refractivity contribution is -0.127. The molecule has 0 radical (unpaired) electrons. The normalized spacial score (nSPS) is 28.5. The highest BCUT2D eigenvalue weighted by molar-refractivity contribution is 6.05. The fraction of sp³-hybridized carbons (Fsp3) is 0.600. The highest BCUT2D eigenvalue weighted by Gasteiger charge is 2.38. The number of fused-ring (bicyclic) bond motifs is 1. The monoisotopic (exact) mass is 372 g/mol. The number of anilines is 2. The van der Waals surface area contributed by atoms with E-state index < -0.39 is 0 Å². The predicted octanol–water partition coefficient (Wildman–Crippen LogP) is 1.49. The first-order valence-corrected chi connectivity index (χ1v) is 9.74. The summed E-state index contributed by atoms with van der Waals surface area (Å²) in [5.41, 5.74) is 2.77. The summed E-state index contributed by atoms with van der Waals surface area (Å²) in [6, 6.07) is 6.28. The number of amides is 2. The molecule has 146 valence electrons. The van der Waals surface area contributed by atoms with Gasteiger partial charge in [-0.05, 0) is 44.5 Å². The van der Waals surface area contributed by atoms with Gasteiger partial charge in [-0.15, -0.1) is 0 Å². The molecule has 1 aromatic rings. The fourth-order valence-electron chi connectivity index (χ4n) is 4.42. The minimum Gasteiger partial charge on any atom is -0.368 e.